The van der Waals surface area contributed by atoms with E-state index in [1.807, 2.05) is 13.0 Å². The van der Waals surface area contributed by atoms with Crippen molar-refractivity contribution < 1.29 is 4.52 Å². The first kappa shape index (κ1) is 12.7. The molecule has 2 N–H and O–H groups in total. The summed E-state index contributed by atoms with van der Waals surface area (Å²) in [5.74, 6) is 1.53. The van der Waals surface area contributed by atoms with E-state index in [1.54, 1.807) is 12.4 Å². The summed E-state index contributed by atoms with van der Waals surface area (Å²) in [6, 6.07) is 1.71. The average molecular weight is 246 g/mol. The summed E-state index contributed by atoms with van der Waals surface area (Å²) < 4.78 is 5.22. The minimum atomic E-state index is -0.205. The number of aromatic nitrogens is 3. The fourth-order valence-electron chi connectivity index (χ4n) is 1.80. The van der Waals surface area contributed by atoms with Crippen LogP contribution in [0.3, 0.4) is 0 Å². The number of hydrogen-bond donors (Lipinski definition) is 1. The highest BCUT2D eigenvalue weighted by Gasteiger charge is 2.17. The van der Waals surface area contributed by atoms with Crippen molar-refractivity contribution in [2.75, 3.05) is 0 Å². The topological polar surface area (TPSA) is 77.8 Å². The Balaban J connectivity index is 2.23. The molecule has 0 unspecified atom stereocenters. The Morgan fingerprint density at radius 2 is 2.17 bits per heavy atom. The predicted octanol–water partition coefficient (Wildman–Crippen LogP) is 2.49. The molecule has 0 aromatic carbocycles. The number of hydrogen-bond acceptors (Lipinski definition) is 5. The summed E-state index contributed by atoms with van der Waals surface area (Å²) in [5, 5.41) is 3.97. The predicted molar refractivity (Wildman–Crippen MR) is 68.6 cm³/mol. The van der Waals surface area contributed by atoms with Crippen LogP contribution in [0.2, 0.25) is 0 Å². The van der Waals surface area contributed by atoms with Crippen LogP contribution in [0.4, 0.5) is 0 Å². The van der Waals surface area contributed by atoms with Gasteiger partial charge < -0.3 is 10.3 Å². The molecule has 5 nitrogen and oxygen atoms in total. The van der Waals surface area contributed by atoms with Crippen molar-refractivity contribution in [1.29, 1.82) is 0 Å². The van der Waals surface area contributed by atoms with Crippen molar-refractivity contribution in [2.24, 2.45) is 11.7 Å². The van der Waals surface area contributed by atoms with Crippen molar-refractivity contribution in [3.05, 3.63) is 29.9 Å². The van der Waals surface area contributed by atoms with Gasteiger partial charge in [0, 0.05) is 18.0 Å². The third-order valence-electron chi connectivity index (χ3n) is 2.76. The molecule has 2 heterocycles. The lowest BCUT2D eigenvalue weighted by Crippen LogP contribution is -2.13. The van der Waals surface area contributed by atoms with Gasteiger partial charge in [-0.05, 0) is 30.9 Å². The summed E-state index contributed by atoms with van der Waals surface area (Å²) in [7, 11) is 0. The second kappa shape index (κ2) is 5.27. The Bertz CT molecular complexity index is 521. The van der Waals surface area contributed by atoms with Crippen LogP contribution >= 0.6 is 0 Å². The van der Waals surface area contributed by atoms with Crippen molar-refractivity contribution in [2.45, 2.75) is 33.2 Å². The van der Waals surface area contributed by atoms with Gasteiger partial charge in [0.2, 0.25) is 11.7 Å². The fraction of sp³-hybridized carbons (Fsp3) is 0.462. The van der Waals surface area contributed by atoms with Crippen LogP contribution in [0.5, 0.6) is 0 Å². The molecule has 2 aromatic rings. The molecule has 2 rings (SSSR count). The number of nitrogens with zero attached hydrogens (tertiary/aromatic N) is 3. The minimum absolute atomic E-state index is 0.205. The molecule has 2 aromatic heterocycles. The van der Waals surface area contributed by atoms with Crippen LogP contribution in [-0.2, 0) is 0 Å². The van der Waals surface area contributed by atoms with Crippen LogP contribution in [0.15, 0.2) is 23.0 Å². The second-order valence-electron chi connectivity index (χ2n) is 4.88. The zero-order valence-electron chi connectivity index (χ0n) is 10.9. The lowest BCUT2D eigenvalue weighted by Gasteiger charge is -2.08. The van der Waals surface area contributed by atoms with E-state index in [1.165, 1.54) is 0 Å². The van der Waals surface area contributed by atoms with Gasteiger partial charge in [0.05, 0.1) is 6.04 Å². The lowest BCUT2D eigenvalue weighted by molar-refractivity contribution is 0.335. The zero-order valence-corrected chi connectivity index (χ0v) is 10.9. The van der Waals surface area contributed by atoms with Gasteiger partial charge in [-0.15, -0.1) is 0 Å². The van der Waals surface area contributed by atoms with E-state index in [0.29, 0.717) is 17.6 Å². The van der Waals surface area contributed by atoms with Gasteiger partial charge in [-0.2, -0.15) is 4.98 Å². The van der Waals surface area contributed by atoms with Crippen LogP contribution in [0, 0.1) is 12.8 Å². The normalized spacial score (nSPS) is 12.9. The molecule has 5 heteroatoms. The highest BCUT2D eigenvalue weighted by molar-refractivity contribution is 5.57. The number of nitrogens with two attached hydrogens (primary N) is 1. The zero-order chi connectivity index (χ0) is 13.1. The van der Waals surface area contributed by atoms with E-state index in [0.717, 1.165) is 17.5 Å². The van der Waals surface area contributed by atoms with Gasteiger partial charge in [-0.1, -0.05) is 19.0 Å². The molecule has 0 aliphatic carbocycles. The molecular weight excluding hydrogens is 228 g/mol. The maximum absolute atomic E-state index is 6.01. The van der Waals surface area contributed by atoms with Crippen molar-refractivity contribution in [3.8, 4) is 11.4 Å². The summed E-state index contributed by atoms with van der Waals surface area (Å²) >= 11 is 0. The molecule has 96 valence electrons. The molecule has 0 radical (unpaired) electrons. The first-order valence-electron chi connectivity index (χ1n) is 6.08. The molecule has 1 atom stereocenters. The Morgan fingerprint density at radius 3 is 2.83 bits per heavy atom. The summed E-state index contributed by atoms with van der Waals surface area (Å²) in [6.07, 6.45) is 4.30. The van der Waals surface area contributed by atoms with Gasteiger partial charge in [-0.3, -0.25) is 4.98 Å². The number of rotatable bonds is 4. The Morgan fingerprint density at radius 1 is 1.39 bits per heavy atom. The minimum Gasteiger partial charge on any atom is -0.337 e. The smallest absolute Gasteiger partial charge is 0.243 e. The molecule has 0 spiro atoms. The highest BCUT2D eigenvalue weighted by Crippen LogP contribution is 2.22. The molecule has 0 fully saturated rings. The van der Waals surface area contributed by atoms with Crippen molar-refractivity contribution >= 4 is 0 Å². The van der Waals surface area contributed by atoms with E-state index in [2.05, 4.69) is 29.0 Å². The fourth-order valence-corrected chi connectivity index (χ4v) is 1.80. The first-order valence-corrected chi connectivity index (χ1v) is 6.08. The van der Waals surface area contributed by atoms with Gasteiger partial charge >= 0.3 is 0 Å². The van der Waals surface area contributed by atoms with Crippen LogP contribution in [0.25, 0.3) is 11.4 Å². The van der Waals surface area contributed by atoms with Crippen molar-refractivity contribution in [1.82, 2.24) is 15.1 Å². The molecule has 0 saturated carbocycles. The van der Waals surface area contributed by atoms with Gasteiger partial charge in [0.1, 0.15) is 0 Å². The Labute approximate surface area is 106 Å². The number of aryl methyl sites for hydroxylation is 1. The molecule has 18 heavy (non-hydrogen) atoms. The molecule has 0 aliphatic heterocycles. The van der Waals surface area contributed by atoms with E-state index >= 15 is 0 Å². The molecule has 0 aliphatic rings. The Kier molecular flexibility index (Phi) is 3.72. The van der Waals surface area contributed by atoms with Crippen molar-refractivity contribution in [3.63, 3.8) is 0 Å². The lowest BCUT2D eigenvalue weighted by atomic mass is 10.0. The van der Waals surface area contributed by atoms with Gasteiger partial charge in [0.25, 0.3) is 0 Å². The third-order valence-corrected chi connectivity index (χ3v) is 2.76. The highest BCUT2D eigenvalue weighted by atomic mass is 16.5. The van der Waals surface area contributed by atoms with E-state index in [-0.39, 0.29) is 6.04 Å². The number of pyridine rings is 1. The summed E-state index contributed by atoms with van der Waals surface area (Å²) in [6.45, 7) is 6.21. The van der Waals surface area contributed by atoms with Gasteiger partial charge in [-0.25, -0.2) is 0 Å². The van der Waals surface area contributed by atoms with Crippen LogP contribution in [-0.4, -0.2) is 15.1 Å². The molecular formula is C13H18N4O. The SMILES string of the molecule is Cc1ccncc1-c1noc([C@H](N)CC(C)C)n1. The van der Waals surface area contributed by atoms with E-state index in [9.17, 15) is 0 Å². The average Bonchev–Trinajstić information content (AvgIpc) is 2.78. The van der Waals surface area contributed by atoms with E-state index in [4.69, 9.17) is 10.3 Å². The molecule has 0 amide bonds. The maximum atomic E-state index is 6.01. The largest absolute Gasteiger partial charge is 0.337 e. The van der Waals surface area contributed by atoms with Gasteiger partial charge in [0.15, 0.2) is 0 Å². The monoisotopic (exact) mass is 246 g/mol. The molecule has 0 saturated heterocycles. The second-order valence-corrected chi connectivity index (χ2v) is 4.88. The first-order chi connectivity index (χ1) is 8.58. The quantitative estimate of drug-likeness (QED) is 0.896. The molecule has 0 bridgehead atoms. The summed E-state index contributed by atoms with van der Waals surface area (Å²) in [4.78, 5) is 8.42. The summed E-state index contributed by atoms with van der Waals surface area (Å²) in [5.41, 5.74) is 7.96. The van der Waals surface area contributed by atoms with Crippen LogP contribution < -0.4 is 5.73 Å². The maximum Gasteiger partial charge on any atom is 0.243 e. The Hall–Kier alpha value is -1.75. The third kappa shape index (κ3) is 2.73. The van der Waals surface area contributed by atoms with Crippen LogP contribution in [0.1, 0.15) is 37.8 Å². The standard InChI is InChI=1S/C13H18N4O/c1-8(2)6-11(14)13-16-12(17-18-13)10-7-15-5-4-9(10)3/h4-5,7-8,11H,6,14H2,1-3H3/t11-/m1/s1. The van der Waals surface area contributed by atoms with E-state index < -0.39 is 0 Å².